The van der Waals surface area contributed by atoms with Crippen molar-refractivity contribution < 1.29 is 9.90 Å². The van der Waals surface area contributed by atoms with Crippen molar-refractivity contribution in [3.63, 3.8) is 0 Å². The minimum Gasteiger partial charge on any atom is -0.384 e. The summed E-state index contributed by atoms with van der Waals surface area (Å²) in [6.07, 6.45) is 3.09. The molecular formula is C15H15N3O2. The number of hydrogen-bond acceptors (Lipinski definition) is 3. The predicted molar refractivity (Wildman–Crippen MR) is 76.3 cm³/mol. The number of anilines is 1. The number of hydrogen-bond donors (Lipinski definition) is 2. The van der Waals surface area contributed by atoms with Crippen molar-refractivity contribution >= 4 is 11.6 Å². The summed E-state index contributed by atoms with van der Waals surface area (Å²) in [4.78, 5) is 15.9. The van der Waals surface area contributed by atoms with Gasteiger partial charge in [0.15, 0.2) is 0 Å². The first-order chi connectivity index (χ1) is 9.61. The molecule has 5 nitrogen and oxygen atoms in total. The average Bonchev–Trinajstić information content (AvgIpc) is 2.84. The highest BCUT2D eigenvalue weighted by Crippen LogP contribution is 2.15. The van der Waals surface area contributed by atoms with Gasteiger partial charge in [0.1, 0.15) is 12.3 Å². The molecule has 2 aromatic rings. The number of amides is 1. The Morgan fingerprint density at radius 3 is 2.90 bits per heavy atom. The van der Waals surface area contributed by atoms with Crippen LogP contribution in [0.25, 0.3) is 0 Å². The second-order valence-corrected chi connectivity index (χ2v) is 4.33. The molecule has 0 unspecified atom stereocenters. The zero-order valence-electron chi connectivity index (χ0n) is 11.3. The Hall–Kier alpha value is -2.58. The Morgan fingerprint density at radius 2 is 2.30 bits per heavy atom. The van der Waals surface area contributed by atoms with E-state index in [9.17, 15) is 4.79 Å². The SMILES string of the molecule is Cc1cc(NC(=O)c2cncn2C)ccc1C#CCO. The van der Waals surface area contributed by atoms with Gasteiger partial charge < -0.3 is 15.0 Å². The fourth-order valence-corrected chi connectivity index (χ4v) is 1.79. The van der Waals surface area contributed by atoms with E-state index in [1.165, 1.54) is 6.20 Å². The van der Waals surface area contributed by atoms with Gasteiger partial charge in [0.25, 0.3) is 5.91 Å². The standard InChI is InChI=1S/C15H15N3O2/c1-11-8-13(6-5-12(11)4-3-7-19)17-15(20)14-9-16-10-18(14)2/h5-6,8-10,19H,7H2,1-2H3,(H,17,20). The van der Waals surface area contributed by atoms with Gasteiger partial charge in [0.2, 0.25) is 0 Å². The van der Waals surface area contributed by atoms with Crippen LogP contribution in [0.4, 0.5) is 5.69 Å². The van der Waals surface area contributed by atoms with Crippen molar-refractivity contribution in [3.05, 3.63) is 47.5 Å². The Kier molecular flexibility index (Phi) is 4.18. The van der Waals surface area contributed by atoms with Crippen LogP contribution in [0.1, 0.15) is 21.6 Å². The first-order valence-electron chi connectivity index (χ1n) is 6.10. The van der Waals surface area contributed by atoms with Crippen molar-refractivity contribution in [2.75, 3.05) is 11.9 Å². The third-order valence-electron chi connectivity index (χ3n) is 2.84. The molecule has 0 spiro atoms. The van der Waals surface area contributed by atoms with Gasteiger partial charge in [-0.2, -0.15) is 0 Å². The van der Waals surface area contributed by atoms with E-state index in [2.05, 4.69) is 22.1 Å². The van der Waals surface area contributed by atoms with Crippen LogP contribution in [0.3, 0.4) is 0 Å². The molecule has 0 atom stereocenters. The first kappa shape index (κ1) is 13.8. The van der Waals surface area contributed by atoms with E-state index in [0.29, 0.717) is 11.4 Å². The zero-order valence-corrected chi connectivity index (χ0v) is 11.3. The lowest BCUT2D eigenvalue weighted by molar-refractivity contribution is 0.101. The number of carbonyl (C=O) groups is 1. The Balaban J connectivity index is 2.17. The molecule has 1 aromatic heterocycles. The highest BCUT2D eigenvalue weighted by atomic mass is 16.2. The van der Waals surface area contributed by atoms with Crippen LogP contribution in [0.15, 0.2) is 30.7 Å². The number of aryl methyl sites for hydroxylation is 2. The summed E-state index contributed by atoms with van der Waals surface area (Å²) in [6.45, 7) is 1.74. The van der Waals surface area contributed by atoms with Crippen LogP contribution >= 0.6 is 0 Å². The van der Waals surface area contributed by atoms with Crippen molar-refractivity contribution in [1.29, 1.82) is 0 Å². The lowest BCUT2D eigenvalue weighted by Crippen LogP contribution is -2.15. The van der Waals surface area contributed by atoms with E-state index in [4.69, 9.17) is 5.11 Å². The molecule has 2 rings (SSSR count). The number of aromatic nitrogens is 2. The molecule has 0 aliphatic heterocycles. The monoisotopic (exact) mass is 269 g/mol. The first-order valence-corrected chi connectivity index (χ1v) is 6.10. The third-order valence-corrected chi connectivity index (χ3v) is 2.84. The van der Waals surface area contributed by atoms with Crippen LogP contribution in [-0.2, 0) is 7.05 Å². The molecule has 1 heterocycles. The maximum Gasteiger partial charge on any atom is 0.273 e. The lowest BCUT2D eigenvalue weighted by atomic mass is 10.1. The molecule has 0 saturated heterocycles. The van der Waals surface area contributed by atoms with Gasteiger partial charge in [-0.3, -0.25) is 4.79 Å². The summed E-state index contributed by atoms with van der Waals surface area (Å²) < 4.78 is 1.66. The van der Waals surface area contributed by atoms with Crippen LogP contribution in [-0.4, -0.2) is 27.2 Å². The zero-order chi connectivity index (χ0) is 14.5. The van der Waals surface area contributed by atoms with Crippen molar-refractivity contribution in [2.24, 2.45) is 7.05 Å². The molecule has 0 fully saturated rings. The summed E-state index contributed by atoms with van der Waals surface area (Å²) in [5, 5.41) is 11.5. The number of aliphatic hydroxyl groups excluding tert-OH is 1. The van der Waals surface area contributed by atoms with E-state index in [-0.39, 0.29) is 12.5 Å². The molecule has 5 heteroatoms. The summed E-state index contributed by atoms with van der Waals surface area (Å²) in [5.41, 5.74) is 2.96. The van der Waals surface area contributed by atoms with Gasteiger partial charge >= 0.3 is 0 Å². The predicted octanol–water partition coefficient (Wildman–Crippen LogP) is 1.32. The van der Waals surface area contributed by atoms with Crippen LogP contribution < -0.4 is 5.32 Å². The third kappa shape index (κ3) is 3.05. The van der Waals surface area contributed by atoms with Crippen LogP contribution in [0.5, 0.6) is 0 Å². The maximum atomic E-state index is 12.0. The second-order valence-electron chi connectivity index (χ2n) is 4.33. The number of benzene rings is 1. The summed E-state index contributed by atoms with van der Waals surface area (Å²) in [6, 6.07) is 5.44. The second kappa shape index (κ2) is 6.04. The summed E-state index contributed by atoms with van der Waals surface area (Å²) in [7, 11) is 1.76. The molecule has 1 aromatic carbocycles. The quantitative estimate of drug-likeness (QED) is 0.808. The maximum absolute atomic E-state index is 12.0. The molecular weight excluding hydrogens is 254 g/mol. The van der Waals surface area contributed by atoms with Crippen LogP contribution in [0.2, 0.25) is 0 Å². The number of nitrogens with zero attached hydrogens (tertiary/aromatic N) is 2. The number of aliphatic hydroxyl groups is 1. The normalized spacial score (nSPS) is 9.75. The fourth-order valence-electron chi connectivity index (χ4n) is 1.79. The molecule has 0 radical (unpaired) electrons. The largest absolute Gasteiger partial charge is 0.384 e. The molecule has 0 bridgehead atoms. The van der Waals surface area contributed by atoms with Crippen molar-refractivity contribution in [3.8, 4) is 11.8 Å². The number of nitrogens with one attached hydrogen (secondary N) is 1. The lowest BCUT2D eigenvalue weighted by Gasteiger charge is -2.07. The van der Waals surface area contributed by atoms with Gasteiger partial charge in [0, 0.05) is 18.3 Å². The Bertz CT molecular complexity index is 693. The van der Waals surface area contributed by atoms with E-state index >= 15 is 0 Å². The van der Waals surface area contributed by atoms with E-state index in [1.807, 2.05) is 19.1 Å². The van der Waals surface area contributed by atoms with E-state index < -0.39 is 0 Å². The number of carbonyl (C=O) groups excluding carboxylic acids is 1. The molecule has 102 valence electrons. The minimum absolute atomic E-state index is 0.168. The molecule has 20 heavy (non-hydrogen) atoms. The number of imidazole rings is 1. The van der Waals surface area contributed by atoms with Crippen molar-refractivity contribution in [2.45, 2.75) is 6.92 Å². The molecule has 2 N–H and O–H groups in total. The van der Waals surface area contributed by atoms with Crippen molar-refractivity contribution in [1.82, 2.24) is 9.55 Å². The van der Waals surface area contributed by atoms with E-state index in [0.717, 1.165) is 11.1 Å². The minimum atomic E-state index is -0.210. The molecule has 0 aliphatic carbocycles. The molecule has 1 amide bonds. The van der Waals surface area contributed by atoms with E-state index in [1.54, 1.807) is 24.0 Å². The smallest absolute Gasteiger partial charge is 0.273 e. The van der Waals surface area contributed by atoms with Crippen LogP contribution in [0, 0.1) is 18.8 Å². The topological polar surface area (TPSA) is 67.2 Å². The number of rotatable bonds is 2. The Labute approximate surface area is 117 Å². The fraction of sp³-hybridized carbons (Fsp3) is 0.200. The van der Waals surface area contributed by atoms with Gasteiger partial charge in [-0.05, 0) is 30.7 Å². The summed E-state index contributed by atoms with van der Waals surface area (Å²) >= 11 is 0. The van der Waals surface area contributed by atoms with Gasteiger partial charge in [-0.15, -0.1) is 0 Å². The molecule has 0 aliphatic rings. The van der Waals surface area contributed by atoms with Gasteiger partial charge in [0.05, 0.1) is 12.5 Å². The van der Waals surface area contributed by atoms with Gasteiger partial charge in [-0.25, -0.2) is 4.98 Å². The summed E-state index contributed by atoms with van der Waals surface area (Å²) in [5.74, 6) is 5.25. The van der Waals surface area contributed by atoms with Gasteiger partial charge in [-0.1, -0.05) is 11.8 Å². The highest BCUT2D eigenvalue weighted by molar-refractivity contribution is 6.03. The molecule has 0 saturated carbocycles. The average molecular weight is 269 g/mol. The highest BCUT2D eigenvalue weighted by Gasteiger charge is 2.10. The Morgan fingerprint density at radius 1 is 1.50 bits per heavy atom.